The van der Waals surface area contributed by atoms with Crippen molar-refractivity contribution in [1.29, 1.82) is 0 Å². The topological polar surface area (TPSA) is 47.6 Å². The SMILES string of the molecule is COc1ccc(C(=O)NCCc2ccccc2)cc1COc1ccc(-c2ccccc2)cc1. The normalized spacial score (nSPS) is 10.5. The minimum absolute atomic E-state index is 0.109. The van der Waals surface area contributed by atoms with Crippen molar-refractivity contribution in [1.82, 2.24) is 5.32 Å². The summed E-state index contributed by atoms with van der Waals surface area (Å²) in [6.45, 7) is 0.882. The van der Waals surface area contributed by atoms with Crippen molar-refractivity contribution in [2.75, 3.05) is 13.7 Å². The molecule has 0 spiro atoms. The van der Waals surface area contributed by atoms with Crippen LogP contribution in [0.3, 0.4) is 0 Å². The molecular weight excluding hydrogens is 410 g/mol. The fourth-order valence-corrected chi connectivity index (χ4v) is 3.64. The third kappa shape index (κ3) is 6.01. The van der Waals surface area contributed by atoms with Gasteiger partial charge in [0.05, 0.1) is 7.11 Å². The van der Waals surface area contributed by atoms with Crippen molar-refractivity contribution < 1.29 is 14.3 Å². The van der Waals surface area contributed by atoms with Crippen molar-refractivity contribution in [2.24, 2.45) is 0 Å². The number of benzene rings is 4. The first-order chi connectivity index (χ1) is 16.2. The number of hydrogen-bond acceptors (Lipinski definition) is 3. The largest absolute Gasteiger partial charge is 0.496 e. The second kappa shape index (κ2) is 11.0. The molecule has 4 aromatic carbocycles. The standard InChI is InChI=1S/C29H27NO3/c1-32-28-17-14-25(29(31)30-19-18-22-8-4-2-5-9-22)20-26(28)21-33-27-15-12-24(13-16-27)23-10-6-3-7-11-23/h2-17,20H,18-19,21H2,1H3,(H,30,31). The summed E-state index contributed by atoms with van der Waals surface area (Å²) in [5.41, 5.74) is 4.90. The van der Waals surface area contributed by atoms with E-state index < -0.39 is 0 Å². The molecule has 0 saturated carbocycles. The Morgan fingerprint density at radius 2 is 1.45 bits per heavy atom. The lowest BCUT2D eigenvalue weighted by Gasteiger charge is -2.13. The smallest absolute Gasteiger partial charge is 0.251 e. The zero-order chi connectivity index (χ0) is 22.9. The molecule has 33 heavy (non-hydrogen) atoms. The van der Waals surface area contributed by atoms with Gasteiger partial charge in [0.1, 0.15) is 18.1 Å². The molecule has 4 aromatic rings. The summed E-state index contributed by atoms with van der Waals surface area (Å²) in [5, 5.41) is 2.99. The number of rotatable bonds is 9. The summed E-state index contributed by atoms with van der Waals surface area (Å²) in [7, 11) is 1.62. The van der Waals surface area contributed by atoms with Crippen LogP contribution >= 0.6 is 0 Å². The van der Waals surface area contributed by atoms with Crippen LogP contribution < -0.4 is 14.8 Å². The molecule has 0 aliphatic heterocycles. The van der Waals surface area contributed by atoms with E-state index >= 15 is 0 Å². The Bertz CT molecular complexity index is 1170. The fourth-order valence-electron chi connectivity index (χ4n) is 3.64. The van der Waals surface area contributed by atoms with E-state index in [-0.39, 0.29) is 5.91 Å². The number of nitrogens with one attached hydrogen (secondary N) is 1. The van der Waals surface area contributed by atoms with Crippen molar-refractivity contribution in [2.45, 2.75) is 13.0 Å². The lowest BCUT2D eigenvalue weighted by atomic mass is 10.1. The van der Waals surface area contributed by atoms with Crippen LogP contribution in [-0.2, 0) is 13.0 Å². The molecule has 0 bridgehead atoms. The van der Waals surface area contributed by atoms with Crippen LogP contribution in [0.4, 0.5) is 0 Å². The number of ether oxygens (including phenoxy) is 2. The maximum atomic E-state index is 12.6. The highest BCUT2D eigenvalue weighted by Gasteiger charge is 2.11. The van der Waals surface area contributed by atoms with Crippen LogP contribution in [0, 0.1) is 0 Å². The first kappa shape index (κ1) is 22.2. The Morgan fingerprint density at radius 1 is 0.788 bits per heavy atom. The van der Waals surface area contributed by atoms with Crippen LogP contribution in [0.25, 0.3) is 11.1 Å². The minimum atomic E-state index is -0.109. The van der Waals surface area contributed by atoms with Gasteiger partial charge in [-0.3, -0.25) is 4.79 Å². The van der Waals surface area contributed by atoms with Crippen LogP contribution in [0.1, 0.15) is 21.5 Å². The summed E-state index contributed by atoms with van der Waals surface area (Å²) >= 11 is 0. The fraction of sp³-hybridized carbons (Fsp3) is 0.138. The summed E-state index contributed by atoms with van der Waals surface area (Å²) in [5.74, 6) is 1.34. The average molecular weight is 438 g/mol. The number of amides is 1. The molecule has 0 aliphatic carbocycles. The quantitative estimate of drug-likeness (QED) is 0.354. The molecule has 0 atom stereocenters. The third-order valence-corrected chi connectivity index (χ3v) is 5.44. The van der Waals surface area contributed by atoms with E-state index in [0.29, 0.717) is 24.5 Å². The molecule has 4 rings (SSSR count). The molecule has 0 saturated heterocycles. The third-order valence-electron chi connectivity index (χ3n) is 5.44. The van der Waals surface area contributed by atoms with Gasteiger partial charge in [0.25, 0.3) is 5.91 Å². The van der Waals surface area contributed by atoms with Gasteiger partial charge in [0.2, 0.25) is 0 Å². The number of carbonyl (C=O) groups excluding carboxylic acids is 1. The van der Waals surface area contributed by atoms with Gasteiger partial charge in [0.15, 0.2) is 0 Å². The first-order valence-corrected chi connectivity index (χ1v) is 11.0. The Kier molecular flexibility index (Phi) is 7.39. The van der Waals surface area contributed by atoms with Crippen molar-refractivity contribution in [3.8, 4) is 22.6 Å². The highest BCUT2D eigenvalue weighted by atomic mass is 16.5. The van der Waals surface area contributed by atoms with E-state index in [9.17, 15) is 4.79 Å². The van der Waals surface area contributed by atoms with E-state index in [0.717, 1.165) is 28.9 Å². The lowest BCUT2D eigenvalue weighted by molar-refractivity contribution is 0.0954. The zero-order valence-corrected chi connectivity index (χ0v) is 18.7. The van der Waals surface area contributed by atoms with Gasteiger partial charge in [0, 0.05) is 17.7 Å². The number of hydrogen-bond donors (Lipinski definition) is 1. The molecule has 0 aliphatic rings. The van der Waals surface area contributed by atoms with Crippen molar-refractivity contribution in [3.05, 3.63) is 120 Å². The lowest BCUT2D eigenvalue weighted by Crippen LogP contribution is -2.25. The van der Waals surface area contributed by atoms with E-state index in [1.54, 1.807) is 13.2 Å². The monoisotopic (exact) mass is 437 g/mol. The Morgan fingerprint density at radius 3 is 2.15 bits per heavy atom. The summed E-state index contributed by atoms with van der Waals surface area (Å²) < 4.78 is 11.5. The van der Waals surface area contributed by atoms with E-state index in [1.165, 1.54) is 5.56 Å². The zero-order valence-electron chi connectivity index (χ0n) is 18.7. The van der Waals surface area contributed by atoms with Gasteiger partial charge in [-0.2, -0.15) is 0 Å². The van der Waals surface area contributed by atoms with Crippen molar-refractivity contribution in [3.63, 3.8) is 0 Å². The van der Waals surface area contributed by atoms with E-state index in [2.05, 4.69) is 29.6 Å². The van der Waals surface area contributed by atoms with Gasteiger partial charge in [-0.1, -0.05) is 72.8 Å². The molecular formula is C29H27NO3. The van der Waals surface area contributed by atoms with Gasteiger partial charge in [-0.25, -0.2) is 0 Å². The van der Waals surface area contributed by atoms with Gasteiger partial charge >= 0.3 is 0 Å². The Balaban J connectivity index is 1.37. The second-order valence-electron chi connectivity index (χ2n) is 7.70. The molecule has 4 heteroatoms. The van der Waals surface area contributed by atoms with Gasteiger partial charge in [-0.15, -0.1) is 0 Å². The maximum Gasteiger partial charge on any atom is 0.251 e. The Labute approximate surface area is 194 Å². The number of methoxy groups -OCH3 is 1. The van der Waals surface area contributed by atoms with E-state index in [4.69, 9.17) is 9.47 Å². The molecule has 0 heterocycles. The van der Waals surface area contributed by atoms with Crippen LogP contribution in [0.2, 0.25) is 0 Å². The summed E-state index contributed by atoms with van der Waals surface area (Å²) in [6, 6.07) is 33.7. The average Bonchev–Trinajstić information content (AvgIpc) is 2.88. The highest BCUT2D eigenvalue weighted by molar-refractivity contribution is 5.94. The highest BCUT2D eigenvalue weighted by Crippen LogP contribution is 2.25. The molecule has 1 amide bonds. The van der Waals surface area contributed by atoms with Crippen molar-refractivity contribution >= 4 is 5.91 Å². The predicted molar refractivity (Wildman–Crippen MR) is 132 cm³/mol. The molecule has 0 fully saturated rings. The first-order valence-electron chi connectivity index (χ1n) is 11.0. The Hall–Kier alpha value is -4.05. The molecule has 166 valence electrons. The molecule has 0 aromatic heterocycles. The maximum absolute atomic E-state index is 12.6. The summed E-state index contributed by atoms with van der Waals surface area (Å²) in [4.78, 5) is 12.6. The molecule has 4 nitrogen and oxygen atoms in total. The van der Waals surface area contributed by atoms with Gasteiger partial charge < -0.3 is 14.8 Å². The van der Waals surface area contributed by atoms with Gasteiger partial charge in [-0.05, 0) is 53.4 Å². The van der Waals surface area contributed by atoms with Crippen LogP contribution in [-0.4, -0.2) is 19.6 Å². The number of carbonyl (C=O) groups is 1. The van der Waals surface area contributed by atoms with Crippen LogP contribution in [0.15, 0.2) is 103 Å². The molecule has 1 N–H and O–H groups in total. The van der Waals surface area contributed by atoms with E-state index in [1.807, 2.05) is 72.8 Å². The second-order valence-corrected chi connectivity index (χ2v) is 7.70. The van der Waals surface area contributed by atoms with Crippen LogP contribution in [0.5, 0.6) is 11.5 Å². The minimum Gasteiger partial charge on any atom is -0.496 e. The predicted octanol–water partition coefficient (Wildman–Crippen LogP) is 5.91. The molecule has 0 unspecified atom stereocenters. The molecule has 0 radical (unpaired) electrons. The summed E-state index contributed by atoms with van der Waals surface area (Å²) in [6.07, 6.45) is 0.789.